The second-order valence-corrected chi connectivity index (χ2v) is 6.55. The molecule has 1 amide bonds. The summed E-state index contributed by atoms with van der Waals surface area (Å²) < 4.78 is 6.34. The lowest BCUT2D eigenvalue weighted by Gasteiger charge is -2.39. The van der Waals surface area contributed by atoms with Crippen molar-refractivity contribution in [3.63, 3.8) is 0 Å². The third kappa shape index (κ3) is 1.07. The quantitative estimate of drug-likeness (QED) is 0.732. The van der Waals surface area contributed by atoms with Crippen molar-refractivity contribution in [2.45, 2.75) is 30.7 Å². The van der Waals surface area contributed by atoms with Gasteiger partial charge in [0.05, 0.1) is 11.2 Å². The van der Waals surface area contributed by atoms with Gasteiger partial charge in [-0.3, -0.25) is 4.79 Å². The maximum absolute atomic E-state index is 12.7. The number of rotatable bonds is 0. The van der Waals surface area contributed by atoms with Crippen molar-refractivity contribution in [1.29, 1.82) is 0 Å². The van der Waals surface area contributed by atoms with Crippen molar-refractivity contribution in [3.8, 4) is 0 Å². The molecule has 4 nitrogen and oxygen atoms in total. The molecule has 0 unspecified atom stereocenters. The van der Waals surface area contributed by atoms with E-state index in [1.54, 1.807) is 0 Å². The first-order chi connectivity index (χ1) is 9.61. The Balaban J connectivity index is 1.64. The highest BCUT2D eigenvalue weighted by Crippen LogP contribution is 2.56. The molecule has 1 aromatic carbocycles. The summed E-state index contributed by atoms with van der Waals surface area (Å²) in [5.41, 5.74) is 1.22. The summed E-state index contributed by atoms with van der Waals surface area (Å²) in [7, 11) is 0. The third-order valence-corrected chi connectivity index (χ3v) is 5.26. The summed E-state index contributed by atoms with van der Waals surface area (Å²) in [4.78, 5) is 14.6. The first-order valence-electron chi connectivity index (χ1n) is 7.18. The number of nitrogens with zero attached hydrogens (tertiary/aromatic N) is 1. The molecule has 0 aromatic heterocycles. The lowest BCUT2D eigenvalue weighted by atomic mass is 9.80. The summed E-state index contributed by atoms with van der Waals surface area (Å²) in [5, 5.41) is 3.53. The van der Waals surface area contributed by atoms with Crippen LogP contribution in [0.4, 0.5) is 5.69 Å². The topological polar surface area (TPSA) is 41.6 Å². The number of hydrogen-bond acceptors (Lipinski definition) is 3. The second kappa shape index (κ2) is 3.09. The van der Waals surface area contributed by atoms with Gasteiger partial charge in [0.2, 0.25) is 0 Å². The van der Waals surface area contributed by atoms with E-state index in [-0.39, 0.29) is 23.3 Å². The van der Waals surface area contributed by atoms with E-state index in [9.17, 15) is 4.79 Å². The maximum Gasteiger partial charge on any atom is 0.257 e. The van der Waals surface area contributed by atoms with Crippen LogP contribution < -0.4 is 5.32 Å². The maximum atomic E-state index is 12.7. The van der Waals surface area contributed by atoms with Crippen molar-refractivity contribution in [3.05, 3.63) is 42.0 Å². The number of hydrogen-bond donors (Lipinski definition) is 1. The monoisotopic (exact) mass is 268 g/mol. The highest BCUT2D eigenvalue weighted by atomic mass is 16.5. The molecule has 2 fully saturated rings. The number of amides is 1. The Hall–Kier alpha value is -1.81. The fourth-order valence-corrected chi connectivity index (χ4v) is 4.41. The molecule has 4 heterocycles. The summed E-state index contributed by atoms with van der Waals surface area (Å²) in [6.45, 7) is 2.92. The molecule has 2 saturated heterocycles. The Morgan fingerprint density at radius 2 is 2.20 bits per heavy atom. The summed E-state index contributed by atoms with van der Waals surface area (Å²) in [6.07, 6.45) is 5.28. The zero-order valence-corrected chi connectivity index (χ0v) is 11.3. The van der Waals surface area contributed by atoms with Crippen molar-refractivity contribution < 1.29 is 9.53 Å². The minimum atomic E-state index is -0.335. The van der Waals surface area contributed by atoms with Gasteiger partial charge in [-0.05, 0) is 31.6 Å². The molecule has 4 aliphatic heterocycles. The van der Waals surface area contributed by atoms with Gasteiger partial charge < -0.3 is 15.0 Å². The lowest BCUT2D eigenvalue weighted by molar-refractivity contribution is -0.0450. The minimum Gasteiger partial charge on any atom is -0.362 e. The Bertz CT molecular complexity index is 670. The number of para-hydroxylation sites is 1. The number of carbonyl (C=O) groups excluding carboxylic acids is 1. The molecule has 20 heavy (non-hydrogen) atoms. The zero-order valence-electron chi connectivity index (χ0n) is 11.3. The van der Waals surface area contributed by atoms with Crippen molar-refractivity contribution in [2.24, 2.45) is 5.92 Å². The van der Waals surface area contributed by atoms with E-state index in [2.05, 4.69) is 24.4 Å². The molecule has 102 valence electrons. The van der Waals surface area contributed by atoms with Gasteiger partial charge in [0.1, 0.15) is 11.8 Å². The van der Waals surface area contributed by atoms with Crippen LogP contribution in [0.2, 0.25) is 0 Å². The first kappa shape index (κ1) is 10.9. The van der Waals surface area contributed by atoms with Gasteiger partial charge in [0.25, 0.3) is 5.91 Å². The van der Waals surface area contributed by atoms with Crippen molar-refractivity contribution >= 4 is 11.6 Å². The highest BCUT2D eigenvalue weighted by Gasteiger charge is 2.66. The van der Waals surface area contributed by atoms with E-state index >= 15 is 0 Å². The second-order valence-electron chi connectivity index (χ2n) is 6.55. The van der Waals surface area contributed by atoms with Crippen LogP contribution in [0, 0.1) is 5.92 Å². The molecule has 4 aliphatic rings. The SMILES string of the molecule is C[C@@]12C=C[C@@]3(O1)[C@@H](CN1C(=O)c4ccccc4N[C@H]13)C2. The van der Waals surface area contributed by atoms with E-state index < -0.39 is 0 Å². The fourth-order valence-electron chi connectivity index (χ4n) is 4.41. The van der Waals surface area contributed by atoms with Gasteiger partial charge in [-0.25, -0.2) is 0 Å². The smallest absolute Gasteiger partial charge is 0.257 e. The van der Waals surface area contributed by atoms with Crippen molar-refractivity contribution in [1.82, 2.24) is 4.90 Å². The van der Waals surface area contributed by atoms with Gasteiger partial charge in [-0.2, -0.15) is 0 Å². The van der Waals surface area contributed by atoms with Crippen LogP contribution in [0.1, 0.15) is 23.7 Å². The van der Waals surface area contributed by atoms with E-state index in [1.165, 1.54) is 0 Å². The molecule has 4 heteroatoms. The van der Waals surface area contributed by atoms with Crippen LogP contribution in [0.5, 0.6) is 0 Å². The standard InChI is InChI=1S/C16H16N2O2/c1-15-6-7-16(20-15)10(8-15)9-18-13(19)11-4-2-3-5-12(11)17-14(16)18/h2-7,10,14,17H,8-9H2,1H3/t10-,14-,15+,16-/m1/s1. The van der Waals surface area contributed by atoms with Gasteiger partial charge in [-0.15, -0.1) is 0 Å². The molecule has 1 aromatic rings. The molecule has 0 saturated carbocycles. The summed E-state index contributed by atoms with van der Waals surface area (Å²) >= 11 is 0. The van der Waals surface area contributed by atoms with E-state index in [0.717, 1.165) is 24.2 Å². The largest absolute Gasteiger partial charge is 0.362 e. The van der Waals surface area contributed by atoms with Gasteiger partial charge in [-0.1, -0.05) is 18.2 Å². The Morgan fingerprint density at radius 1 is 1.35 bits per heavy atom. The number of ether oxygens (including phenoxy) is 1. The lowest BCUT2D eigenvalue weighted by Crippen LogP contribution is -2.54. The van der Waals surface area contributed by atoms with Crippen molar-refractivity contribution in [2.75, 3.05) is 11.9 Å². The Morgan fingerprint density at radius 3 is 3.05 bits per heavy atom. The Labute approximate surface area is 117 Å². The van der Waals surface area contributed by atoms with Crippen LogP contribution in [0.25, 0.3) is 0 Å². The van der Waals surface area contributed by atoms with E-state index in [0.29, 0.717) is 5.92 Å². The zero-order chi connectivity index (χ0) is 13.5. The molecule has 1 N–H and O–H groups in total. The van der Waals surface area contributed by atoms with Gasteiger partial charge >= 0.3 is 0 Å². The molecular weight excluding hydrogens is 252 g/mol. The first-order valence-corrected chi connectivity index (χ1v) is 7.18. The average Bonchev–Trinajstić information content (AvgIpc) is 3.02. The van der Waals surface area contributed by atoms with Crippen LogP contribution in [0.3, 0.4) is 0 Å². The number of benzene rings is 1. The molecule has 0 radical (unpaired) electrons. The van der Waals surface area contributed by atoms with Crippen LogP contribution >= 0.6 is 0 Å². The number of carbonyl (C=O) groups is 1. The molecule has 4 atom stereocenters. The third-order valence-electron chi connectivity index (χ3n) is 5.26. The van der Waals surface area contributed by atoms with Crippen LogP contribution in [0.15, 0.2) is 36.4 Å². The fraction of sp³-hybridized carbons (Fsp3) is 0.438. The minimum absolute atomic E-state index is 0.0736. The van der Waals surface area contributed by atoms with Crippen LogP contribution in [-0.4, -0.2) is 34.7 Å². The molecule has 0 aliphatic carbocycles. The molecule has 5 rings (SSSR count). The summed E-state index contributed by atoms with van der Waals surface area (Å²) in [5.74, 6) is 0.520. The highest BCUT2D eigenvalue weighted by molar-refractivity contribution is 6.02. The predicted octanol–water partition coefficient (Wildman–Crippen LogP) is 2.00. The Kier molecular flexibility index (Phi) is 1.69. The van der Waals surface area contributed by atoms with E-state index in [4.69, 9.17) is 4.74 Å². The molecule has 2 bridgehead atoms. The van der Waals surface area contributed by atoms with Gasteiger partial charge in [0, 0.05) is 18.2 Å². The molecular formula is C16H16N2O2. The average molecular weight is 268 g/mol. The number of anilines is 1. The molecule has 1 spiro atoms. The van der Waals surface area contributed by atoms with Gasteiger partial charge in [0.15, 0.2) is 0 Å². The number of nitrogens with one attached hydrogen (secondary N) is 1. The summed E-state index contributed by atoms with van der Waals surface area (Å²) in [6, 6.07) is 7.74. The predicted molar refractivity (Wildman–Crippen MR) is 74.4 cm³/mol. The number of fused-ring (bicyclic) bond motifs is 3. The normalized spacial score (nSPS) is 43.2. The van der Waals surface area contributed by atoms with E-state index in [1.807, 2.05) is 29.2 Å². The van der Waals surface area contributed by atoms with Crippen LogP contribution in [-0.2, 0) is 4.74 Å².